The zero-order chi connectivity index (χ0) is 12.7. The van der Waals surface area contributed by atoms with Crippen LogP contribution in [0, 0.1) is 6.92 Å². The van der Waals surface area contributed by atoms with E-state index in [0.717, 1.165) is 15.7 Å². The SMILES string of the molecule is Cc1c(-c2cc(Br)cs2)cc2cc(CN)ncn12. The molecule has 3 aromatic rings. The van der Waals surface area contributed by atoms with Gasteiger partial charge in [0.2, 0.25) is 0 Å². The molecular weight excluding hydrogens is 310 g/mol. The summed E-state index contributed by atoms with van der Waals surface area (Å²) in [6, 6.07) is 6.37. The first-order chi connectivity index (χ1) is 8.69. The van der Waals surface area contributed by atoms with Crippen molar-refractivity contribution < 1.29 is 0 Å². The van der Waals surface area contributed by atoms with Crippen LogP contribution in [0.2, 0.25) is 0 Å². The zero-order valence-corrected chi connectivity index (χ0v) is 12.3. The van der Waals surface area contributed by atoms with Crippen molar-refractivity contribution in [2.45, 2.75) is 13.5 Å². The molecule has 0 aliphatic heterocycles. The number of fused-ring (bicyclic) bond motifs is 1. The number of rotatable bonds is 2. The lowest BCUT2D eigenvalue weighted by Crippen LogP contribution is -2.01. The van der Waals surface area contributed by atoms with Gasteiger partial charge < -0.3 is 10.1 Å². The highest BCUT2D eigenvalue weighted by Gasteiger charge is 2.10. The van der Waals surface area contributed by atoms with E-state index in [0.29, 0.717) is 6.54 Å². The third-order valence-corrected chi connectivity index (χ3v) is 4.74. The van der Waals surface area contributed by atoms with Crippen LogP contribution in [0.25, 0.3) is 16.0 Å². The Labute approximate surface area is 117 Å². The molecule has 0 radical (unpaired) electrons. The first-order valence-corrected chi connectivity index (χ1v) is 7.27. The van der Waals surface area contributed by atoms with E-state index >= 15 is 0 Å². The van der Waals surface area contributed by atoms with E-state index in [9.17, 15) is 0 Å². The van der Waals surface area contributed by atoms with Gasteiger partial charge in [0.25, 0.3) is 0 Å². The molecule has 0 unspecified atom stereocenters. The van der Waals surface area contributed by atoms with Crippen LogP contribution < -0.4 is 5.73 Å². The van der Waals surface area contributed by atoms with Crippen LogP contribution in [0.4, 0.5) is 0 Å². The molecule has 92 valence electrons. The molecule has 3 heterocycles. The van der Waals surface area contributed by atoms with Gasteiger partial charge in [0.05, 0.1) is 12.0 Å². The van der Waals surface area contributed by atoms with E-state index in [1.54, 1.807) is 11.3 Å². The van der Waals surface area contributed by atoms with Gasteiger partial charge in [-0.1, -0.05) is 0 Å². The summed E-state index contributed by atoms with van der Waals surface area (Å²) in [5.74, 6) is 0. The van der Waals surface area contributed by atoms with Gasteiger partial charge in [-0.05, 0) is 41.1 Å². The van der Waals surface area contributed by atoms with Gasteiger partial charge in [-0.2, -0.15) is 0 Å². The predicted octanol–water partition coefficient (Wildman–Crippen LogP) is 3.59. The number of nitrogens with two attached hydrogens (primary N) is 1. The number of halogens is 1. The number of thiophene rings is 1. The van der Waals surface area contributed by atoms with Crippen molar-refractivity contribution in [3.05, 3.63) is 45.8 Å². The summed E-state index contributed by atoms with van der Waals surface area (Å²) in [6.07, 6.45) is 1.85. The third-order valence-electron chi connectivity index (χ3n) is 3.02. The van der Waals surface area contributed by atoms with Gasteiger partial charge in [-0.3, -0.25) is 0 Å². The van der Waals surface area contributed by atoms with Crippen molar-refractivity contribution in [3.8, 4) is 10.4 Å². The van der Waals surface area contributed by atoms with Crippen LogP contribution in [-0.2, 0) is 6.54 Å². The fourth-order valence-electron chi connectivity index (χ4n) is 2.06. The van der Waals surface area contributed by atoms with E-state index in [2.05, 4.69) is 49.8 Å². The summed E-state index contributed by atoms with van der Waals surface area (Å²) in [4.78, 5) is 5.59. The lowest BCUT2D eigenvalue weighted by molar-refractivity contribution is 0.941. The van der Waals surface area contributed by atoms with Gasteiger partial charge in [0.1, 0.15) is 0 Å². The van der Waals surface area contributed by atoms with Crippen LogP contribution in [0.15, 0.2) is 34.4 Å². The van der Waals surface area contributed by atoms with Crippen molar-refractivity contribution in [1.82, 2.24) is 9.38 Å². The van der Waals surface area contributed by atoms with E-state index in [1.807, 2.05) is 12.4 Å². The molecular formula is C13H12BrN3S. The van der Waals surface area contributed by atoms with Gasteiger partial charge in [0, 0.05) is 38.0 Å². The molecule has 0 spiro atoms. The van der Waals surface area contributed by atoms with Gasteiger partial charge >= 0.3 is 0 Å². The largest absolute Gasteiger partial charge is 0.325 e. The van der Waals surface area contributed by atoms with Crippen LogP contribution in [-0.4, -0.2) is 9.38 Å². The van der Waals surface area contributed by atoms with Crippen molar-refractivity contribution in [1.29, 1.82) is 0 Å². The maximum Gasteiger partial charge on any atom is 0.0996 e. The fraction of sp³-hybridized carbons (Fsp3) is 0.154. The van der Waals surface area contributed by atoms with E-state index in [4.69, 9.17) is 5.73 Å². The van der Waals surface area contributed by atoms with Gasteiger partial charge in [-0.15, -0.1) is 11.3 Å². The van der Waals surface area contributed by atoms with Crippen molar-refractivity contribution in [2.75, 3.05) is 0 Å². The van der Waals surface area contributed by atoms with Gasteiger partial charge in [-0.25, -0.2) is 4.98 Å². The molecule has 0 aromatic carbocycles. The number of hydrogen-bond acceptors (Lipinski definition) is 3. The molecule has 3 aromatic heterocycles. The van der Waals surface area contributed by atoms with Crippen LogP contribution in [0.5, 0.6) is 0 Å². The lowest BCUT2D eigenvalue weighted by Gasteiger charge is -2.00. The lowest BCUT2D eigenvalue weighted by atomic mass is 10.2. The molecule has 0 aliphatic rings. The molecule has 2 N–H and O–H groups in total. The summed E-state index contributed by atoms with van der Waals surface area (Å²) in [5, 5.41) is 2.10. The van der Waals surface area contributed by atoms with E-state index < -0.39 is 0 Å². The summed E-state index contributed by atoms with van der Waals surface area (Å²) >= 11 is 5.23. The van der Waals surface area contributed by atoms with Crippen molar-refractivity contribution >= 4 is 32.8 Å². The van der Waals surface area contributed by atoms with Crippen molar-refractivity contribution in [3.63, 3.8) is 0 Å². The Balaban J connectivity index is 2.22. The van der Waals surface area contributed by atoms with Crippen LogP contribution >= 0.6 is 27.3 Å². The number of nitrogens with zero attached hydrogens (tertiary/aromatic N) is 2. The Hall–Kier alpha value is -1.17. The standard InChI is InChI=1S/C13H12BrN3S/c1-8-12(13-2-9(14)6-18-13)4-11-3-10(5-15)16-7-17(8)11/h2-4,6-7H,5,15H2,1H3. The van der Waals surface area contributed by atoms with E-state index in [-0.39, 0.29) is 0 Å². The smallest absolute Gasteiger partial charge is 0.0996 e. The average Bonchev–Trinajstić information content (AvgIpc) is 2.93. The maximum atomic E-state index is 5.62. The third kappa shape index (κ3) is 1.88. The second-order valence-electron chi connectivity index (χ2n) is 4.15. The summed E-state index contributed by atoms with van der Waals surface area (Å²) in [7, 11) is 0. The van der Waals surface area contributed by atoms with Crippen LogP contribution in [0.3, 0.4) is 0 Å². The normalized spacial score (nSPS) is 11.3. The summed E-state index contributed by atoms with van der Waals surface area (Å²) in [5.41, 5.74) is 10.1. The quantitative estimate of drug-likeness (QED) is 0.783. The predicted molar refractivity (Wildman–Crippen MR) is 78.8 cm³/mol. The van der Waals surface area contributed by atoms with Crippen molar-refractivity contribution in [2.24, 2.45) is 5.73 Å². The Bertz CT molecular complexity index is 714. The molecule has 0 amide bonds. The Kier molecular flexibility index (Phi) is 2.97. The first kappa shape index (κ1) is 11.9. The highest BCUT2D eigenvalue weighted by Crippen LogP contribution is 2.33. The molecule has 3 rings (SSSR count). The first-order valence-electron chi connectivity index (χ1n) is 5.60. The summed E-state index contributed by atoms with van der Waals surface area (Å²) < 4.78 is 3.22. The number of aryl methyl sites for hydroxylation is 1. The highest BCUT2D eigenvalue weighted by atomic mass is 79.9. The Morgan fingerprint density at radius 1 is 1.39 bits per heavy atom. The minimum absolute atomic E-state index is 0.473. The monoisotopic (exact) mass is 321 g/mol. The molecule has 0 atom stereocenters. The minimum Gasteiger partial charge on any atom is -0.325 e. The minimum atomic E-state index is 0.473. The maximum absolute atomic E-state index is 5.62. The average molecular weight is 322 g/mol. The molecule has 0 saturated carbocycles. The highest BCUT2D eigenvalue weighted by molar-refractivity contribution is 9.10. The number of hydrogen-bond donors (Lipinski definition) is 1. The Morgan fingerprint density at radius 2 is 2.22 bits per heavy atom. The molecule has 5 heteroatoms. The topological polar surface area (TPSA) is 43.3 Å². The van der Waals surface area contributed by atoms with Gasteiger partial charge in [0.15, 0.2) is 0 Å². The second kappa shape index (κ2) is 4.50. The molecule has 0 fully saturated rings. The molecule has 0 bridgehead atoms. The summed E-state index contributed by atoms with van der Waals surface area (Å²) in [6.45, 7) is 2.58. The molecule has 3 nitrogen and oxygen atoms in total. The zero-order valence-electron chi connectivity index (χ0n) is 9.85. The molecule has 18 heavy (non-hydrogen) atoms. The Morgan fingerprint density at radius 3 is 2.89 bits per heavy atom. The molecule has 0 saturated heterocycles. The molecule has 0 aliphatic carbocycles. The second-order valence-corrected chi connectivity index (χ2v) is 5.98. The fourth-order valence-corrected chi connectivity index (χ4v) is 3.56. The van der Waals surface area contributed by atoms with Crippen LogP contribution in [0.1, 0.15) is 11.4 Å². The number of aromatic nitrogens is 2. The van der Waals surface area contributed by atoms with E-state index in [1.165, 1.54) is 16.1 Å².